The van der Waals surface area contributed by atoms with E-state index in [0.29, 0.717) is 5.11 Å². The maximum atomic E-state index is 5.87. The SMILES string of the molecule is COc1ccc(N2C(=S)NC(c3ccccn3)C2c2ccc3c(c2)C(C)=CC(C)(C)N3C)cc1. The number of ether oxygens (including phenoxy) is 1. The van der Waals surface area contributed by atoms with E-state index in [1.807, 2.05) is 30.5 Å². The molecule has 0 spiro atoms. The van der Waals surface area contributed by atoms with E-state index in [1.54, 1.807) is 7.11 Å². The Balaban J connectivity index is 1.64. The average Bonchev–Trinajstić information content (AvgIpc) is 3.19. The van der Waals surface area contributed by atoms with Crippen LogP contribution in [0, 0.1) is 0 Å². The standard InChI is InChI=1S/C28H30N4OS/c1-18-17-28(2,3)31(4)24-14-9-19(16-22(18)24)26-25(23-8-6-7-15-29-23)30-27(34)32(26)20-10-12-21(33-5)13-11-20/h6-17,25-26H,1-5H3,(H,30,34). The number of aromatic nitrogens is 1. The molecule has 2 atom stereocenters. The first kappa shape index (κ1) is 22.4. The number of pyridine rings is 1. The van der Waals surface area contributed by atoms with Gasteiger partial charge in [0.1, 0.15) is 5.75 Å². The monoisotopic (exact) mass is 470 g/mol. The second-order valence-electron chi connectivity index (χ2n) is 9.51. The minimum absolute atomic E-state index is 0.0271. The van der Waals surface area contributed by atoms with E-state index in [-0.39, 0.29) is 17.6 Å². The fraction of sp³-hybridized carbons (Fsp3) is 0.286. The van der Waals surface area contributed by atoms with Crippen molar-refractivity contribution in [3.63, 3.8) is 0 Å². The maximum absolute atomic E-state index is 5.87. The van der Waals surface area contributed by atoms with Crippen LogP contribution in [0.3, 0.4) is 0 Å². The van der Waals surface area contributed by atoms with Crippen molar-refractivity contribution in [3.05, 3.63) is 89.8 Å². The molecule has 2 unspecified atom stereocenters. The summed E-state index contributed by atoms with van der Waals surface area (Å²) in [6, 6.07) is 20.8. The summed E-state index contributed by atoms with van der Waals surface area (Å²) in [5.41, 5.74) is 6.94. The number of rotatable bonds is 4. The Morgan fingerprint density at radius 1 is 1.06 bits per heavy atom. The fourth-order valence-electron chi connectivity index (χ4n) is 5.08. The first-order valence-electron chi connectivity index (χ1n) is 11.5. The van der Waals surface area contributed by atoms with Gasteiger partial charge in [-0.05, 0) is 92.7 Å². The zero-order valence-electron chi connectivity index (χ0n) is 20.2. The third-order valence-corrected chi connectivity index (χ3v) is 7.35. The van der Waals surface area contributed by atoms with Crippen LogP contribution in [-0.2, 0) is 0 Å². The minimum Gasteiger partial charge on any atom is -0.497 e. The number of methoxy groups -OCH3 is 1. The lowest BCUT2D eigenvalue weighted by Gasteiger charge is -2.41. The highest BCUT2D eigenvalue weighted by Crippen LogP contribution is 2.45. The lowest BCUT2D eigenvalue weighted by molar-refractivity contribution is 0.415. The summed E-state index contributed by atoms with van der Waals surface area (Å²) in [7, 11) is 3.84. The van der Waals surface area contributed by atoms with Gasteiger partial charge >= 0.3 is 0 Å². The molecule has 5 rings (SSSR count). The Morgan fingerprint density at radius 2 is 1.82 bits per heavy atom. The van der Waals surface area contributed by atoms with Gasteiger partial charge in [0.05, 0.1) is 30.4 Å². The lowest BCUT2D eigenvalue weighted by Crippen LogP contribution is -2.42. The van der Waals surface area contributed by atoms with Gasteiger partial charge in [0.25, 0.3) is 0 Å². The second-order valence-corrected chi connectivity index (χ2v) is 9.90. The van der Waals surface area contributed by atoms with Crippen LogP contribution >= 0.6 is 12.2 Å². The predicted molar refractivity (Wildman–Crippen MR) is 144 cm³/mol. The zero-order chi connectivity index (χ0) is 24.0. The van der Waals surface area contributed by atoms with Crippen LogP contribution in [0.2, 0.25) is 0 Å². The third kappa shape index (κ3) is 3.72. The summed E-state index contributed by atoms with van der Waals surface area (Å²) < 4.78 is 5.37. The van der Waals surface area contributed by atoms with Crippen LogP contribution in [0.1, 0.15) is 49.7 Å². The fourth-order valence-corrected chi connectivity index (χ4v) is 5.42. The second kappa shape index (κ2) is 8.44. The van der Waals surface area contributed by atoms with E-state index in [4.69, 9.17) is 17.0 Å². The predicted octanol–water partition coefficient (Wildman–Crippen LogP) is 5.90. The van der Waals surface area contributed by atoms with Crippen molar-refractivity contribution in [1.82, 2.24) is 10.3 Å². The molecule has 2 aromatic carbocycles. The number of allylic oxidation sites excluding steroid dienone is 1. The quantitative estimate of drug-likeness (QED) is 0.479. The molecule has 0 amide bonds. The summed E-state index contributed by atoms with van der Waals surface area (Å²) in [5.74, 6) is 0.819. The number of anilines is 2. The van der Waals surface area contributed by atoms with Gasteiger partial charge < -0.3 is 19.9 Å². The summed E-state index contributed by atoms with van der Waals surface area (Å²) in [6.07, 6.45) is 4.18. The first-order chi connectivity index (χ1) is 16.3. The summed E-state index contributed by atoms with van der Waals surface area (Å²) >= 11 is 5.87. The minimum atomic E-state index is -0.0732. The Bertz CT molecular complexity index is 1250. The molecule has 5 nitrogen and oxygen atoms in total. The summed E-state index contributed by atoms with van der Waals surface area (Å²) in [6.45, 7) is 6.69. The Hall–Kier alpha value is -3.38. The molecule has 2 aliphatic heterocycles. The molecule has 0 radical (unpaired) electrons. The van der Waals surface area contributed by atoms with Gasteiger partial charge in [-0.2, -0.15) is 0 Å². The third-order valence-electron chi connectivity index (χ3n) is 7.03. The van der Waals surface area contributed by atoms with E-state index in [2.05, 4.69) is 90.4 Å². The molecular weight excluding hydrogens is 440 g/mol. The number of hydrogen-bond acceptors (Lipinski definition) is 4. The molecule has 0 aliphatic carbocycles. The van der Waals surface area contributed by atoms with Gasteiger partial charge in [-0.3, -0.25) is 4.98 Å². The molecule has 1 N–H and O–H groups in total. The van der Waals surface area contributed by atoms with Crippen LogP contribution in [0.5, 0.6) is 5.75 Å². The molecule has 2 aliphatic rings. The first-order valence-corrected chi connectivity index (χ1v) is 11.9. The summed E-state index contributed by atoms with van der Waals surface area (Å²) in [5, 5.41) is 4.24. The number of thiocarbonyl (C=S) groups is 1. The lowest BCUT2D eigenvalue weighted by atomic mass is 9.86. The van der Waals surface area contributed by atoms with Crippen LogP contribution in [0.4, 0.5) is 11.4 Å². The Kier molecular flexibility index (Phi) is 5.56. The van der Waals surface area contributed by atoms with E-state index in [1.165, 1.54) is 22.4 Å². The molecule has 6 heteroatoms. The number of likely N-dealkylation sites (N-methyl/N-ethyl adjacent to an activating group) is 1. The Labute approximate surface area is 207 Å². The van der Waals surface area contributed by atoms with E-state index >= 15 is 0 Å². The molecule has 1 saturated heterocycles. The number of nitrogens with one attached hydrogen (secondary N) is 1. The molecule has 0 bridgehead atoms. The van der Waals surface area contributed by atoms with Crippen molar-refractivity contribution in [2.24, 2.45) is 0 Å². The molecule has 34 heavy (non-hydrogen) atoms. The van der Waals surface area contributed by atoms with Crippen LogP contribution in [0.25, 0.3) is 5.57 Å². The van der Waals surface area contributed by atoms with E-state index in [0.717, 1.165) is 17.1 Å². The van der Waals surface area contributed by atoms with Gasteiger partial charge in [-0.25, -0.2) is 0 Å². The van der Waals surface area contributed by atoms with Crippen LogP contribution in [0.15, 0.2) is 72.9 Å². The van der Waals surface area contributed by atoms with Crippen LogP contribution < -0.4 is 19.9 Å². The average molecular weight is 471 g/mol. The van der Waals surface area contributed by atoms with Crippen molar-refractivity contribution in [1.29, 1.82) is 0 Å². The van der Waals surface area contributed by atoms with Gasteiger partial charge in [-0.15, -0.1) is 0 Å². The molecule has 3 aromatic rings. The zero-order valence-corrected chi connectivity index (χ0v) is 21.1. The van der Waals surface area contributed by atoms with Gasteiger partial charge in [0.2, 0.25) is 0 Å². The van der Waals surface area contributed by atoms with E-state index < -0.39 is 0 Å². The van der Waals surface area contributed by atoms with E-state index in [9.17, 15) is 0 Å². The number of fused-ring (bicyclic) bond motifs is 1. The number of nitrogens with zero attached hydrogens (tertiary/aromatic N) is 3. The molecule has 3 heterocycles. The molecule has 174 valence electrons. The topological polar surface area (TPSA) is 40.6 Å². The highest BCUT2D eigenvalue weighted by molar-refractivity contribution is 7.80. The highest BCUT2D eigenvalue weighted by Gasteiger charge is 2.41. The maximum Gasteiger partial charge on any atom is 0.174 e. The Morgan fingerprint density at radius 3 is 2.50 bits per heavy atom. The largest absolute Gasteiger partial charge is 0.497 e. The van der Waals surface area contributed by atoms with Crippen molar-refractivity contribution in [2.75, 3.05) is 24.0 Å². The smallest absolute Gasteiger partial charge is 0.174 e. The van der Waals surface area contributed by atoms with Gasteiger partial charge in [0, 0.05) is 30.2 Å². The van der Waals surface area contributed by atoms with Crippen molar-refractivity contribution in [3.8, 4) is 5.75 Å². The van der Waals surface area contributed by atoms with Gasteiger partial charge in [-0.1, -0.05) is 18.2 Å². The van der Waals surface area contributed by atoms with Gasteiger partial charge in [0.15, 0.2) is 5.11 Å². The van der Waals surface area contributed by atoms with Crippen molar-refractivity contribution in [2.45, 2.75) is 38.4 Å². The number of hydrogen-bond donors (Lipinski definition) is 1. The van der Waals surface area contributed by atoms with Crippen LogP contribution in [-0.4, -0.2) is 29.8 Å². The molecule has 0 saturated carbocycles. The van der Waals surface area contributed by atoms with Crippen molar-refractivity contribution < 1.29 is 4.74 Å². The molecule has 1 fully saturated rings. The normalized spacial score (nSPS) is 21.1. The molecular formula is C28H30N4OS. The highest BCUT2D eigenvalue weighted by atomic mass is 32.1. The molecule has 1 aromatic heterocycles. The number of benzene rings is 2. The van der Waals surface area contributed by atoms with Crippen molar-refractivity contribution >= 4 is 34.3 Å². The summed E-state index contributed by atoms with van der Waals surface area (Å²) in [4.78, 5) is 9.21.